The van der Waals surface area contributed by atoms with Gasteiger partial charge in [-0.1, -0.05) is 6.07 Å². The molecule has 1 aliphatic carbocycles. The van der Waals surface area contributed by atoms with Crippen LogP contribution in [0.15, 0.2) is 18.2 Å². The van der Waals surface area contributed by atoms with E-state index >= 15 is 0 Å². The molecule has 0 saturated carbocycles. The number of fused-ring (bicyclic) bond motifs is 1. The molecule has 2 nitrogen and oxygen atoms in total. The summed E-state index contributed by atoms with van der Waals surface area (Å²) in [5.41, 5.74) is 4.83. The molecule has 1 atom stereocenters. The molecule has 104 valence electrons. The van der Waals surface area contributed by atoms with E-state index in [2.05, 4.69) is 49.3 Å². The Morgan fingerprint density at radius 1 is 1.21 bits per heavy atom. The van der Waals surface area contributed by atoms with Crippen LogP contribution in [-0.2, 0) is 12.8 Å². The van der Waals surface area contributed by atoms with Crippen LogP contribution in [0.5, 0.6) is 0 Å². The van der Waals surface area contributed by atoms with Crippen LogP contribution in [0.1, 0.15) is 44.2 Å². The van der Waals surface area contributed by atoms with E-state index in [1.165, 1.54) is 37.8 Å². The fourth-order valence-electron chi connectivity index (χ4n) is 3.66. The standard InChI is InChI=1S/C17H26N2/c1-17(2)12-16(9-10-18-17)19(3)15-8-7-13-5-4-6-14(13)11-15/h7-8,11,16,18H,4-6,9-10,12H2,1-3H3. The van der Waals surface area contributed by atoms with Crippen molar-refractivity contribution in [1.29, 1.82) is 0 Å². The van der Waals surface area contributed by atoms with Crippen molar-refractivity contribution in [1.82, 2.24) is 5.32 Å². The first-order chi connectivity index (χ1) is 9.05. The van der Waals surface area contributed by atoms with Gasteiger partial charge in [0, 0.05) is 24.3 Å². The van der Waals surface area contributed by atoms with E-state index in [1.807, 2.05) is 0 Å². The number of nitrogens with zero attached hydrogens (tertiary/aromatic N) is 1. The topological polar surface area (TPSA) is 15.3 Å². The number of hydrogen-bond donors (Lipinski definition) is 1. The Morgan fingerprint density at radius 2 is 2.00 bits per heavy atom. The predicted octanol–water partition coefficient (Wildman–Crippen LogP) is 3.14. The normalized spacial score (nSPS) is 25.1. The molecule has 19 heavy (non-hydrogen) atoms. The lowest BCUT2D eigenvalue weighted by Gasteiger charge is -2.41. The second kappa shape index (κ2) is 4.82. The smallest absolute Gasteiger partial charge is 0.0369 e. The fourth-order valence-corrected chi connectivity index (χ4v) is 3.66. The third-order valence-electron chi connectivity index (χ3n) is 4.86. The SMILES string of the molecule is CN(c1ccc2c(c1)CCC2)C1CCNC(C)(C)C1. The largest absolute Gasteiger partial charge is 0.371 e. The van der Waals surface area contributed by atoms with Gasteiger partial charge < -0.3 is 10.2 Å². The van der Waals surface area contributed by atoms with Gasteiger partial charge in [-0.25, -0.2) is 0 Å². The third-order valence-corrected chi connectivity index (χ3v) is 4.86. The molecule has 0 radical (unpaired) electrons. The summed E-state index contributed by atoms with van der Waals surface area (Å²) in [4.78, 5) is 2.50. The Balaban J connectivity index is 1.78. The molecular formula is C17H26N2. The summed E-state index contributed by atoms with van der Waals surface area (Å²) in [6, 6.07) is 7.76. The Bertz CT molecular complexity index is 464. The minimum absolute atomic E-state index is 0.272. The van der Waals surface area contributed by atoms with Crippen LogP contribution in [-0.4, -0.2) is 25.2 Å². The van der Waals surface area contributed by atoms with Crippen molar-refractivity contribution in [3.8, 4) is 0 Å². The van der Waals surface area contributed by atoms with Crippen LogP contribution in [0.4, 0.5) is 5.69 Å². The summed E-state index contributed by atoms with van der Waals surface area (Å²) < 4.78 is 0. The predicted molar refractivity (Wildman–Crippen MR) is 82.0 cm³/mol. The van der Waals surface area contributed by atoms with E-state index in [0.29, 0.717) is 6.04 Å². The highest BCUT2D eigenvalue weighted by atomic mass is 15.2. The molecule has 1 heterocycles. The molecule has 1 N–H and O–H groups in total. The van der Waals surface area contributed by atoms with Gasteiger partial charge >= 0.3 is 0 Å². The molecule has 1 unspecified atom stereocenters. The summed E-state index contributed by atoms with van der Waals surface area (Å²) in [6.45, 7) is 5.76. The van der Waals surface area contributed by atoms with Gasteiger partial charge in [0.1, 0.15) is 0 Å². The molecule has 0 spiro atoms. The number of piperidine rings is 1. The Hall–Kier alpha value is -1.02. The Morgan fingerprint density at radius 3 is 2.79 bits per heavy atom. The second-order valence-electron chi connectivity index (χ2n) is 6.87. The monoisotopic (exact) mass is 258 g/mol. The molecule has 1 aromatic rings. The highest BCUT2D eigenvalue weighted by Gasteiger charge is 2.30. The first kappa shape index (κ1) is 13.0. The summed E-state index contributed by atoms with van der Waals surface area (Å²) in [6.07, 6.45) is 6.36. The van der Waals surface area contributed by atoms with E-state index in [0.717, 1.165) is 6.54 Å². The molecule has 1 aromatic carbocycles. The lowest BCUT2D eigenvalue weighted by molar-refractivity contribution is 0.271. The number of nitrogens with one attached hydrogen (secondary N) is 1. The molecule has 2 aliphatic rings. The summed E-state index contributed by atoms with van der Waals surface area (Å²) in [5.74, 6) is 0. The van der Waals surface area contributed by atoms with Crippen LogP contribution < -0.4 is 10.2 Å². The zero-order chi connectivity index (χ0) is 13.5. The van der Waals surface area contributed by atoms with Gasteiger partial charge in [0.2, 0.25) is 0 Å². The molecule has 0 bridgehead atoms. The summed E-state index contributed by atoms with van der Waals surface area (Å²) >= 11 is 0. The van der Waals surface area contributed by atoms with Gasteiger partial charge in [-0.3, -0.25) is 0 Å². The van der Waals surface area contributed by atoms with Crippen LogP contribution in [0.3, 0.4) is 0 Å². The average molecular weight is 258 g/mol. The van der Waals surface area contributed by atoms with Gasteiger partial charge in [-0.05, 0) is 75.8 Å². The maximum atomic E-state index is 3.61. The maximum Gasteiger partial charge on any atom is 0.0369 e. The lowest BCUT2D eigenvalue weighted by atomic mass is 9.88. The second-order valence-corrected chi connectivity index (χ2v) is 6.87. The number of benzene rings is 1. The quantitative estimate of drug-likeness (QED) is 0.876. The highest BCUT2D eigenvalue weighted by Crippen LogP contribution is 2.30. The van der Waals surface area contributed by atoms with Crippen molar-refractivity contribution in [3.63, 3.8) is 0 Å². The summed E-state index contributed by atoms with van der Waals surface area (Å²) in [5, 5.41) is 3.61. The van der Waals surface area contributed by atoms with Gasteiger partial charge in [0.05, 0.1) is 0 Å². The van der Waals surface area contributed by atoms with Crippen LogP contribution >= 0.6 is 0 Å². The van der Waals surface area contributed by atoms with Crippen LogP contribution in [0, 0.1) is 0 Å². The Labute approximate surface area is 117 Å². The number of anilines is 1. The van der Waals surface area contributed by atoms with E-state index < -0.39 is 0 Å². The minimum Gasteiger partial charge on any atom is -0.371 e. The highest BCUT2D eigenvalue weighted by molar-refractivity contribution is 5.52. The number of aryl methyl sites for hydroxylation is 2. The van der Waals surface area contributed by atoms with Crippen LogP contribution in [0.25, 0.3) is 0 Å². The van der Waals surface area contributed by atoms with Crippen molar-refractivity contribution >= 4 is 5.69 Å². The van der Waals surface area contributed by atoms with Gasteiger partial charge in [0.15, 0.2) is 0 Å². The van der Waals surface area contributed by atoms with Gasteiger partial charge in [0.25, 0.3) is 0 Å². The lowest BCUT2D eigenvalue weighted by Crippen LogP contribution is -2.52. The molecule has 0 aromatic heterocycles. The number of rotatable bonds is 2. The van der Waals surface area contributed by atoms with Crippen molar-refractivity contribution in [2.45, 2.75) is 57.5 Å². The van der Waals surface area contributed by atoms with Gasteiger partial charge in [-0.2, -0.15) is 0 Å². The third kappa shape index (κ3) is 2.64. The molecule has 0 amide bonds. The molecule has 3 rings (SSSR count). The minimum atomic E-state index is 0.272. The van der Waals surface area contributed by atoms with E-state index in [9.17, 15) is 0 Å². The van der Waals surface area contributed by atoms with Crippen molar-refractivity contribution in [2.75, 3.05) is 18.5 Å². The molecule has 1 saturated heterocycles. The first-order valence-electron chi connectivity index (χ1n) is 7.65. The molecule has 1 aliphatic heterocycles. The average Bonchev–Trinajstić information content (AvgIpc) is 2.83. The molecule has 1 fully saturated rings. The summed E-state index contributed by atoms with van der Waals surface area (Å²) in [7, 11) is 2.27. The Kier molecular flexibility index (Phi) is 3.30. The molecular weight excluding hydrogens is 232 g/mol. The van der Waals surface area contributed by atoms with E-state index in [4.69, 9.17) is 0 Å². The van der Waals surface area contributed by atoms with E-state index in [1.54, 1.807) is 11.1 Å². The van der Waals surface area contributed by atoms with Gasteiger partial charge in [-0.15, -0.1) is 0 Å². The van der Waals surface area contributed by atoms with Crippen molar-refractivity contribution in [2.24, 2.45) is 0 Å². The number of hydrogen-bond acceptors (Lipinski definition) is 2. The zero-order valence-corrected chi connectivity index (χ0v) is 12.5. The van der Waals surface area contributed by atoms with Crippen molar-refractivity contribution in [3.05, 3.63) is 29.3 Å². The van der Waals surface area contributed by atoms with E-state index in [-0.39, 0.29) is 5.54 Å². The van der Waals surface area contributed by atoms with Crippen molar-refractivity contribution < 1.29 is 0 Å². The maximum absolute atomic E-state index is 3.61. The zero-order valence-electron chi connectivity index (χ0n) is 12.5. The fraction of sp³-hybridized carbons (Fsp3) is 0.647. The van der Waals surface area contributed by atoms with Crippen LogP contribution in [0.2, 0.25) is 0 Å². The molecule has 2 heteroatoms. The first-order valence-corrected chi connectivity index (χ1v) is 7.65.